The van der Waals surface area contributed by atoms with Gasteiger partial charge in [0.15, 0.2) is 0 Å². The minimum atomic E-state index is 0.375. The molecule has 17 heavy (non-hydrogen) atoms. The highest BCUT2D eigenvalue weighted by molar-refractivity contribution is 7.19. The van der Waals surface area contributed by atoms with Gasteiger partial charge in [0.05, 0.1) is 13.2 Å². The summed E-state index contributed by atoms with van der Waals surface area (Å²) in [6.45, 7) is 4.44. The van der Waals surface area contributed by atoms with Crippen LogP contribution in [-0.4, -0.2) is 19.7 Å². The lowest BCUT2D eigenvalue weighted by atomic mass is 10.2. The van der Waals surface area contributed by atoms with Gasteiger partial charge in [-0.25, -0.2) is 4.79 Å². The first-order valence-electron chi connectivity index (χ1n) is 5.48. The van der Waals surface area contributed by atoms with Gasteiger partial charge < -0.3 is 9.47 Å². The third-order valence-corrected chi connectivity index (χ3v) is 3.54. The Labute approximate surface area is 104 Å². The SMILES string of the molecule is CCOc1cccc2sc(CCO[C]=O)cc12. The molecule has 0 saturated carbocycles. The summed E-state index contributed by atoms with van der Waals surface area (Å²) in [5, 5.41) is 1.13. The summed E-state index contributed by atoms with van der Waals surface area (Å²) in [5.74, 6) is 0.912. The fourth-order valence-electron chi connectivity index (χ4n) is 1.68. The first kappa shape index (κ1) is 11.9. The lowest BCUT2D eigenvalue weighted by molar-refractivity contribution is 0.282. The standard InChI is InChI=1S/C13H13O3S/c1-2-16-12-4-3-5-13-11(12)8-10(17-13)6-7-15-9-14/h3-5,8H,2,6-7H2,1H3. The maximum Gasteiger partial charge on any atom is 0.417 e. The molecule has 1 heterocycles. The lowest BCUT2D eigenvalue weighted by Crippen LogP contribution is -1.94. The van der Waals surface area contributed by atoms with Gasteiger partial charge in [0.25, 0.3) is 0 Å². The Balaban J connectivity index is 2.23. The van der Waals surface area contributed by atoms with Gasteiger partial charge in [-0.15, -0.1) is 11.3 Å². The van der Waals surface area contributed by atoms with Crippen molar-refractivity contribution in [2.75, 3.05) is 13.2 Å². The molecule has 2 rings (SSSR count). The zero-order chi connectivity index (χ0) is 12.1. The van der Waals surface area contributed by atoms with E-state index in [1.165, 1.54) is 16.0 Å². The van der Waals surface area contributed by atoms with Gasteiger partial charge in [-0.1, -0.05) is 6.07 Å². The van der Waals surface area contributed by atoms with Crippen LogP contribution in [0.5, 0.6) is 5.75 Å². The summed E-state index contributed by atoms with van der Waals surface area (Å²) < 4.78 is 11.3. The van der Waals surface area contributed by atoms with Crippen LogP contribution in [0.3, 0.4) is 0 Å². The number of ether oxygens (including phenoxy) is 2. The molecule has 0 unspecified atom stereocenters. The van der Waals surface area contributed by atoms with Crippen molar-refractivity contribution in [1.29, 1.82) is 0 Å². The molecular formula is C13H13O3S. The Bertz CT molecular complexity index is 504. The number of fused-ring (bicyclic) bond motifs is 1. The minimum Gasteiger partial charge on any atom is -0.493 e. The molecule has 0 spiro atoms. The number of hydrogen-bond acceptors (Lipinski definition) is 4. The van der Waals surface area contributed by atoms with E-state index in [0.29, 0.717) is 13.2 Å². The van der Waals surface area contributed by atoms with E-state index < -0.39 is 0 Å². The van der Waals surface area contributed by atoms with Crippen molar-refractivity contribution in [3.8, 4) is 5.75 Å². The molecule has 0 amide bonds. The molecule has 1 aromatic carbocycles. The number of rotatable bonds is 6. The third kappa shape index (κ3) is 2.77. The van der Waals surface area contributed by atoms with Crippen molar-refractivity contribution < 1.29 is 14.3 Å². The van der Waals surface area contributed by atoms with E-state index in [-0.39, 0.29) is 0 Å². The van der Waals surface area contributed by atoms with Gasteiger partial charge in [-0.2, -0.15) is 0 Å². The molecule has 0 saturated heterocycles. The van der Waals surface area contributed by atoms with Gasteiger partial charge in [0, 0.05) is 21.4 Å². The maximum absolute atomic E-state index is 9.94. The summed E-state index contributed by atoms with van der Waals surface area (Å²) in [6.07, 6.45) is 0.722. The van der Waals surface area contributed by atoms with E-state index in [1.54, 1.807) is 11.3 Å². The van der Waals surface area contributed by atoms with Gasteiger partial charge in [0.1, 0.15) is 5.75 Å². The number of benzene rings is 1. The van der Waals surface area contributed by atoms with Gasteiger partial charge in [-0.05, 0) is 25.1 Å². The summed E-state index contributed by atoms with van der Waals surface area (Å²) in [7, 11) is 0. The molecule has 0 atom stereocenters. The Kier molecular flexibility index (Phi) is 3.98. The van der Waals surface area contributed by atoms with Crippen LogP contribution in [0.15, 0.2) is 24.3 Å². The van der Waals surface area contributed by atoms with Crippen LogP contribution in [0.1, 0.15) is 11.8 Å². The van der Waals surface area contributed by atoms with Crippen LogP contribution >= 0.6 is 11.3 Å². The molecule has 3 nitrogen and oxygen atoms in total. The van der Waals surface area contributed by atoms with Crippen molar-refractivity contribution in [1.82, 2.24) is 0 Å². The summed E-state index contributed by atoms with van der Waals surface area (Å²) >= 11 is 1.70. The minimum absolute atomic E-state index is 0.375. The van der Waals surface area contributed by atoms with Gasteiger partial charge in [0.2, 0.25) is 0 Å². The number of hydrogen-bond donors (Lipinski definition) is 0. The predicted molar refractivity (Wildman–Crippen MR) is 68.3 cm³/mol. The van der Waals surface area contributed by atoms with E-state index in [2.05, 4.69) is 16.9 Å². The molecule has 89 valence electrons. The van der Waals surface area contributed by atoms with E-state index in [4.69, 9.17) is 4.74 Å². The monoisotopic (exact) mass is 249 g/mol. The quantitative estimate of drug-likeness (QED) is 0.738. The molecule has 4 heteroatoms. The van der Waals surface area contributed by atoms with E-state index in [9.17, 15) is 4.79 Å². The van der Waals surface area contributed by atoms with Crippen molar-refractivity contribution in [2.45, 2.75) is 13.3 Å². The average molecular weight is 249 g/mol. The lowest BCUT2D eigenvalue weighted by Gasteiger charge is -2.03. The number of thiophene rings is 1. The molecule has 0 aliphatic heterocycles. The molecule has 2 aromatic rings. The highest BCUT2D eigenvalue weighted by Crippen LogP contribution is 2.32. The normalized spacial score (nSPS) is 10.4. The second-order valence-corrected chi connectivity index (χ2v) is 4.66. The Morgan fingerprint density at radius 3 is 3.06 bits per heavy atom. The van der Waals surface area contributed by atoms with Crippen molar-refractivity contribution in [2.24, 2.45) is 0 Å². The fourth-order valence-corrected chi connectivity index (χ4v) is 2.75. The van der Waals surface area contributed by atoms with Crippen molar-refractivity contribution in [3.05, 3.63) is 29.1 Å². The molecule has 0 aliphatic carbocycles. The summed E-state index contributed by atoms with van der Waals surface area (Å²) in [6, 6.07) is 8.12. The zero-order valence-electron chi connectivity index (χ0n) is 9.56. The molecule has 0 bridgehead atoms. The van der Waals surface area contributed by atoms with Gasteiger partial charge in [-0.3, -0.25) is 0 Å². The van der Waals surface area contributed by atoms with Crippen molar-refractivity contribution >= 4 is 27.9 Å². The first-order valence-corrected chi connectivity index (χ1v) is 6.30. The van der Waals surface area contributed by atoms with Crippen LogP contribution < -0.4 is 4.74 Å². The molecule has 0 N–H and O–H groups in total. The van der Waals surface area contributed by atoms with Crippen LogP contribution in [0.25, 0.3) is 10.1 Å². The molecular weight excluding hydrogens is 236 g/mol. The topological polar surface area (TPSA) is 35.5 Å². The van der Waals surface area contributed by atoms with Gasteiger partial charge >= 0.3 is 6.47 Å². The summed E-state index contributed by atoms with van der Waals surface area (Å²) in [5.41, 5.74) is 0. The highest BCUT2D eigenvalue weighted by atomic mass is 32.1. The molecule has 1 aromatic heterocycles. The van der Waals surface area contributed by atoms with E-state index in [0.717, 1.165) is 17.6 Å². The maximum atomic E-state index is 9.94. The van der Waals surface area contributed by atoms with Crippen LogP contribution in [0, 0.1) is 0 Å². The largest absolute Gasteiger partial charge is 0.493 e. The molecule has 0 fully saturated rings. The van der Waals surface area contributed by atoms with Crippen LogP contribution in [0.4, 0.5) is 0 Å². The average Bonchev–Trinajstić information content (AvgIpc) is 2.74. The summed E-state index contributed by atoms with van der Waals surface area (Å²) in [4.78, 5) is 11.1. The van der Waals surface area contributed by atoms with E-state index >= 15 is 0 Å². The number of carbonyl (C=O) groups excluding carboxylic acids is 1. The predicted octanol–water partition coefficient (Wildman–Crippen LogP) is 2.93. The molecule has 0 aliphatic rings. The van der Waals surface area contributed by atoms with Crippen LogP contribution in [-0.2, 0) is 16.0 Å². The van der Waals surface area contributed by atoms with Crippen LogP contribution in [0.2, 0.25) is 0 Å². The Morgan fingerprint density at radius 2 is 2.29 bits per heavy atom. The zero-order valence-corrected chi connectivity index (χ0v) is 10.4. The highest BCUT2D eigenvalue weighted by Gasteiger charge is 2.06. The Morgan fingerprint density at radius 1 is 1.41 bits per heavy atom. The second-order valence-electron chi connectivity index (χ2n) is 3.50. The fraction of sp³-hybridized carbons (Fsp3) is 0.308. The molecule has 1 radical (unpaired) electrons. The smallest absolute Gasteiger partial charge is 0.417 e. The Hall–Kier alpha value is -1.55. The van der Waals surface area contributed by atoms with Crippen molar-refractivity contribution in [3.63, 3.8) is 0 Å². The van der Waals surface area contributed by atoms with E-state index in [1.807, 2.05) is 19.1 Å². The third-order valence-electron chi connectivity index (χ3n) is 2.38. The first-order chi connectivity index (χ1) is 8.35. The second kappa shape index (κ2) is 5.68.